The van der Waals surface area contributed by atoms with Crippen LogP contribution in [-0.4, -0.2) is 33.2 Å². The lowest BCUT2D eigenvalue weighted by Crippen LogP contribution is -2.28. The number of thioether (sulfide) groups is 1. The van der Waals surface area contributed by atoms with Gasteiger partial charge in [0.1, 0.15) is 0 Å². The van der Waals surface area contributed by atoms with Gasteiger partial charge in [0.2, 0.25) is 5.91 Å². The van der Waals surface area contributed by atoms with Crippen molar-refractivity contribution in [3.63, 3.8) is 0 Å². The van der Waals surface area contributed by atoms with Crippen LogP contribution in [0.15, 0.2) is 42.7 Å². The number of anilines is 1. The first kappa shape index (κ1) is 15.2. The lowest BCUT2D eigenvalue weighted by Gasteiger charge is -2.16. The van der Waals surface area contributed by atoms with Crippen molar-refractivity contribution in [2.24, 2.45) is 7.05 Å². The summed E-state index contributed by atoms with van der Waals surface area (Å²) < 4.78 is 1.74. The number of carbonyl (C=O) groups excluding carboxylic acids is 1. The molecule has 1 amide bonds. The minimum absolute atomic E-state index is 0.0753. The maximum Gasteiger partial charge on any atom is 0.240 e. The third-order valence-corrected chi connectivity index (χ3v) is 5.61. The van der Waals surface area contributed by atoms with Gasteiger partial charge in [0, 0.05) is 25.5 Å². The Hall–Kier alpha value is -1.75. The molecule has 2 aromatic rings. The summed E-state index contributed by atoms with van der Waals surface area (Å²) in [5, 5.41) is 4.23. The van der Waals surface area contributed by atoms with Crippen molar-refractivity contribution in [1.29, 1.82) is 0 Å². The molecule has 2 atom stereocenters. The van der Waals surface area contributed by atoms with Crippen molar-refractivity contribution in [2.75, 3.05) is 17.2 Å². The second-order valence-electron chi connectivity index (χ2n) is 5.78. The van der Waals surface area contributed by atoms with E-state index in [0.29, 0.717) is 5.92 Å². The number of benzene rings is 1. The van der Waals surface area contributed by atoms with Crippen LogP contribution < -0.4 is 4.90 Å². The number of nitrogens with zero attached hydrogens (tertiary/aromatic N) is 3. The Balaban J connectivity index is 1.57. The second-order valence-corrected chi connectivity index (χ2v) is 7.02. The molecule has 0 spiro atoms. The van der Waals surface area contributed by atoms with Gasteiger partial charge in [-0.25, -0.2) is 0 Å². The number of carbonyl (C=O) groups is 1. The summed E-state index contributed by atoms with van der Waals surface area (Å²) in [4.78, 5) is 14.4. The van der Waals surface area contributed by atoms with Crippen LogP contribution in [0, 0.1) is 0 Å². The highest BCUT2D eigenvalue weighted by molar-refractivity contribution is 8.00. The number of rotatable bonds is 5. The summed E-state index contributed by atoms with van der Waals surface area (Å²) in [5.41, 5.74) is 2.25. The number of aromatic nitrogens is 2. The van der Waals surface area contributed by atoms with Crippen LogP contribution in [-0.2, 0) is 11.8 Å². The highest BCUT2D eigenvalue weighted by atomic mass is 32.2. The lowest BCUT2D eigenvalue weighted by atomic mass is 10.0. The maximum absolute atomic E-state index is 12.5. The number of aryl methyl sites for hydroxylation is 1. The van der Waals surface area contributed by atoms with Crippen molar-refractivity contribution < 1.29 is 4.79 Å². The molecule has 0 bridgehead atoms. The topological polar surface area (TPSA) is 38.1 Å². The van der Waals surface area contributed by atoms with Crippen LogP contribution >= 0.6 is 11.8 Å². The van der Waals surface area contributed by atoms with Gasteiger partial charge in [-0.3, -0.25) is 9.48 Å². The summed E-state index contributed by atoms with van der Waals surface area (Å²) in [5.74, 6) is 1.66. The van der Waals surface area contributed by atoms with Gasteiger partial charge >= 0.3 is 0 Å². The van der Waals surface area contributed by atoms with Crippen LogP contribution in [0.1, 0.15) is 24.8 Å². The highest BCUT2D eigenvalue weighted by Gasteiger charge is 2.33. The van der Waals surface area contributed by atoms with E-state index in [0.717, 1.165) is 24.4 Å². The highest BCUT2D eigenvalue weighted by Crippen LogP contribution is 2.31. The molecule has 0 N–H and O–H groups in total. The van der Waals surface area contributed by atoms with Crippen molar-refractivity contribution in [1.82, 2.24) is 9.78 Å². The van der Waals surface area contributed by atoms with Gasteiger partial charge in [0.25, 0.3) is 0 Å². The molecular formula is C17H21N3OS. The van der Waals surface area contributed by atoms with Gasteiger partial charge in [-0.2, -0.15) is 5.10 Å². The minimum Gasteiger partial charge on any atom is -0.308 e. The Bertz CT molecular complexity index is 640. The standard InChI is InChI=1S/C17H21N3OS/c1-13(14-6-4-3-5-7-14)12-22-16-8-9-20(17(16)21)15-10-18-19(2)11-15/h3-7,10-11,13,16H,8-9,12H2,1-2H3/t13-,16-/m1/s1. The first-order valence-corrected chi connectivity index (χ1v) is 8.66. The average Bonchev–Trinajstić information content (AvgIpc) is 3.12. The summed E-state index contributed by atoms with van der Waals surface area (Å²) in [6, 6.07) is 10.5. The van der Waals surface area contributed by atoms with E-state index in [-0.39, 0.29) is 11.2 Å². The summed E-state index contributed by atoms with van der Waals surface area (Å²) in [7, 11) is 1.87. The van der Waals surface area contributed by atoms with Crippen LogP contribution in [0.3, 0.4) is 0 Å². The molecular weight excluding hydrogens is 294 g/mol. The zero-order chi connectivity index (χ0) is 15.5. The lowest BCUT2D eigenvalue weighted by molar-refractivity contribution is -0.116. The Morgan fingerprint density at radius 3 is 2.82 bits per heavy atom. The summed E-state index contributed by atoms with van der Waals surface area (Å²) in [6.07, 6.45) is 4.58. The molecule has 0 saturated carbocycles. The minimum atomic E-state index is 0.0753. The van der Waals surface area contributed by atoms with Gasteiger partial charge < -0.3 is 4.90 Å². The van der Waals surface area contributed by atoms with Gasteiger partial charge in [0.05, 0.1) is 17.1 Å². The molecule has 5 heteroatoms. The molecule has 1 aromatic heterocycles. The molecule has 1 aromatic carbocycles. The Kier molecular flexibility index (Phi) is 4.52. The molecule has 1 fully saturated rings. The van der Waals surface area contributed by atoms with Crippen molar-refractivity contribution in [2.45, 2.75) is 24.5 Å². The fourth-order valence-corrected chi connectivity index (χ4v) is 4.01. The van der Waals surface area contributed by atoms with Crippen LogP contribution in [0.2, 0.25) is 0 Å². The van der Waals surface area contributed by atoms with E-state index in [1.54, 1.807) is 22.6 Å². The zero-order valence-corrected chi connectivity index (χ0v) is 13.8. The number of hydrogen-bond donors (Lipinski definition) is 0. The van der Waals surface area contributed by atoms with E-state index < -0.39 is 0 Å². The van der Waals surface area contributed by atoms with Gasteiger partial charge in [-0.05, 0) is 17.9 Å². The van der Waals surface area contributed by atoms with Gasteiger partial charge in [0.15, 0.2) is 0 Å². The quantitative estimate of drug-likeness (QED) is 0.851. The van der Waals surface area contributed by atoms with E-state index in [1.807, 2.05) is 24.2 Å². The van der Waals surface area contributed by atoms with E-state index in [4.69, 9.17) is 0 Å². The second kappa shape index (κ2) is 6.57. The average molecular weight is 315 g/mol. The zero-order valence-electron chi connectivity index (χ0n) is 13.0. The van der Waals surface area contributed by atoms with Crippen LogP contribution in [0.4, 0.5) is 5.69 Å². The van der Waals surface area contributed by atoms with E-state index in [1.165, 1.54) is 5.56 Å². The smallest absolute Gasteiger partial charge is 0.240 e. The maximum atomic E-state index is 12.5. The van der Waals surface area contributed by atoms with Crippen molar-refractivity contribution in [3.8, 4) is 0 Å². The Morgan fingerprint density at radius 1 is 1.36 bits per heavy atom. The summed E-state index contributed by atoms with van der Waals surface area (Å²) >= 11 is 1.78. The molecule has 0 radical (unpaired) electrons. The first-order chi connectivity index (χ1) is 10.6. The Labute approximate surface area is 135 Å². The van der Waals surface area contributed by atoms with Crippen molar-refractivity contribution in [3.05, 3.63) is 48.3 Å². The molecule has 1 saturated heterocycles. The predicted octanol–water partition coefficient (Wildman–Crippen LogP) is 3.06. The SMILES string of the molecule is C[C@H](CS[C@@H]1CCN(c2cnn(C)c2)C1=O)c1ccccc1. The molecule has 0 aliphatic carbocycles. The van der Waals surface area contributed by atoms with Gasteiger partial charge in [-0.1, -0.05) is 37.3 Å². The van der Waals surface area contributed by atoms with Gasteiger partial charge in [-0.15, -0.1) is 11.8 Å². The molecule has 116 valence electrons. The monoisotopic (exact) mass is 315 g/mol. The molecule has 4 nitrogen and oxygen atoms in total. The molecule has 22 heavy (non-hydrogen) atoms. The first-order valence-electron chi connectivity index (χ1n) is 7.61. The molecule has 3 rings (SSSR count). The van der Waals surface area contributed by atoms with Crippen LogP contribution in [0.25, 0.3) is 0 Å². The molecule has 2 heterocycles. The number of amides is 1. The fourth-order valence-electron chi connectivity index (χ4n) is 2.75. The molecule has 1 aliphatic rings. The molecule has 0 unspecified atom stereocenters. The van der Waals surface area contributed by atoms with Crippen LogP contribution in [0.5, 0.6) is 0 Å². The fraction of sp³-hybridized carbons (Fsp3) is 0.412. The predicted molar refractivity (Wildman–Crippen MR) is 91.3 cm³/mol. The third kappa shape index (κ3) is 3.19. The normalized spacial score (nSPS) is 19.6. The summed E-state index contributed by atoms with van der Waals surface area (Å²) in [6.45, 7) is 3.02. The largest absolute Gasteiger partial charge is 0.308 e. The van der Waals surface area contributed by atoms with E-state index in [2.05, 4.69) is 36.3 Å². The Morgan fingerprint density at radius 2 is 2.14 bits per heavy atom. The van der Waals surface area contributed by atoms with E-state index in [9.17, 15) is 4.79 Å². The number of hydrogen-bond acceptors (Lipinski definition) is 3. The third-order valence-electron chi connectivity index (χ3n) is 4.08. The van der Waals surface area contributed by atoms with Crippen molar-refractivity contribution >= 4 is 23.4 Å². The van der Waals surface area contributed by atoms with E-state index >= 15 is 0 Å². The molecule has 1 aliphatic heterocycles.